The van der Waals surface area contributed by atoms with Crippen molar-refractivity contribution in [3.8, 4) is 0 Å². The van der Waals surface area contributed by atoms with E-state index in [1.165, 1.54) is 6.92 Å². The lowest BCUT2D eigenvalue weighted by Crippen LogP contribution is -2.25. The van der Waals surface area contributed by atoms with E-state index >= 15 is 0 Å². The molecule has 6 heteroatoms. The highest BCUT2D eigenvalue weighted by molar-refractivity contribution is 9.10. The first kappa shape index (κ1) is 14.6. The molecule has 0 aromatic carbocycles. The molecule has 0 bridgehead atoms. The molecule has 0 fully saturated rings. The van der Waals surface area contributed by atoms with Crippen molar-refractivity contribution in [2.45, 2.75) is 13.0 Å². The second kappa shape index (κ2) is 9.15. The van der Waals surface area contributed by atoms with E-state index in [0.717, 1.165) is 0 Å². The van der Waals surface area contributed by atoms with Crippen LogP contribution in [0.1, 0.15) is 6.92 Å². The molecule has 0 saturated carbocycles. The molecule has 0 radical (unpaired) electrons. The summed E-state index contributed by atoms with van der Waals surface area (Å²) >= 11 is 5.99. The molecule has 0 spiro atoms. The molecule has 0 aliphatic rings. The van der Waals surface area contributed by atoms with E-state index in [2.05, 4.69) is 31.9 Å². The highest BCUT2D eigenvalue weighted by Crippen LogP contribution is 1.86. The quantitative estimate of drug-likeness (QED) is 0.755. The lowest BCUT2D eigenvalue weighted by atomic mass is 10.4. The lowest BCUT2D eigenvalue weighted by Gasteiger charge is -1.90. The Balaban J connectivity index is 0. The summed E-state index contributed by atoms with van der Waals surface area (Å²) in [6.45, 7) is 1.42. The third-order valence-corrected chi connectivity index (χ3v) is 1.94. The summed E-state index contributed by atoms with van der Waals surface area (Å²) in [5.74, 6) is -0.787. The zero-order valence-electron chi connectivity index (χ0n) is 6.59. The zero-order valence-corrected chi connectivity index (χ0v) is 9.76. The van der Waals surface area contributed by atoms with Gasteiger partial charge in [-0.3, -0.25) is 9.59 Å². The summed E-state index contributed by atoms with van der Waals surface area (Å²) < 4.78 is 0. The second-order valence-corrected chi connectivity index (χ2v) is 3.05. The van der Waals surface area contributed by atoms with Crippen molar-refractivity contribution in [2.24, 2.45) is 5.73 Å². The fraction of sp³-hybridized carbons (Fsp3) is 0.667. The Bertz CT molecular complexity index is 142. The van der Waals surface area contributed by atoms with Gasteiger partial charge >= 0.3 is 5.97 Å². The number of rotatable bonds is 3. The number of ketones is 1. The van der Waals surface area contributed by atoms with Gasteiger partial charge in [0.15, 0.2) is 5.78 Å². The molecule has 0 heterocycles. The number of halogens is 2. The summed E-state index contributed by atoms with van der Waals surface area (Å²) in [6, 6.07) is -0.731. The summed E-state index contributed by atoms with van der Waals surface area (Å²) in [5.41, 5.74) is 4.84. The van der Waals surface area contributed by atoms with Gasteiger partial charge in [-0.15, -0.1) is 0 Å². The van der Waals surface area contributed by atoms with Crippen LogP contribution in [-0.2, 0) is 9.59 Å². The highest BCUT2D eigenvalue weighted by Gasteiger charge is 1.99. The van der Waals surface area contributed by atoms with E-state index in [4.69, 9.17) is 10.8 Å². The van der Waals surface area contributed by atoms with Crippen LogP contribution in [0.4, 0.5) is 0 Å². The summed E-state index contributed by atoms with van der Waals surface area (Å²) in [6.07, 6.45) is 0. The molecular formula is C6H11Br2NO3. The van der Waals surface area contributed by atoms with Crippen LogP contribution >= 0.6 is 31.9 Å². The number of hydrogen-bond acceptors (Lipinski definition) is 3. The monoisotopic (exact) mass is 303 g/mol. The van der Waals surface area contributed by atoms with Gasteiger partial charge < -0.3 is 10.8 Å². The first-order chi connectivity index (χ1) is 5.45. The maximum atomic E-state index is 10.1. The molecule has 0 aliphatic heterocycles. The van der Waals surface area contributed by atoms with Crippen molar-refractivity contribution in [1.29, 1.82) is 0 Å². The van der Waals surface area contributed by atoms with Gasteiger partial charge in [0.1, 0.15) is 6.04 Å². The fourth-order valence-corrected chi connectivity index (χ4v) is 0.964. The van der Waals surface area contributed by atoms with Crippen molar-refractivity contribution < 1.29 is 14.7 Å². The van der Waals surface area contributed by atoms with Crippen molar-refractivity contribution in [3.63, 3.8) is 0 Å². The Morgan fingerprint density at radius 1 is 1.42 bits per heavy atom. The van der Waals surface area contributed by atoms with Crippen molar-refractivity contribution in [2.75, 3.05) is 10.7 Å². The molecule has 0 saturated heterocycles. The maximum Gasteiger partial charge on any atom is 0.320 e. The maximum absolute atomic E-state index is 10.1. The summed E-state index contributed by atoms with van der Waals surface area (Å²) in [4.78, 5) is 19.7. The minimum Gasteiger partial charge on any atom is -0.480 e. The van der Waals surface area contributed by atoms with E-state index in [1.807, 2.05) is 0 Å². The SMILES string of the molecule is CC(N)C(=O)O.O=C(CBr)CBr. The van der Waals surface area contributed by atoms with Gasteiger partial charge in [0, 0.05) is 0 Å². The fourth-order valence-electron chi connectivity index (χ4n) is 0.0357. The van der Waals surface area contributed by atoms with Crippen LogP contribution in [0.3, 0.4) is 0 Å². The lowest BCUT2D eigenvalue weighted by molar-refractivity contribution is -0.138. The average Bonchev–Trinajstić information content (AvgIpc) is 2.04. The largest absolute Gasteiger partial charge is 0.480 e. The number of carbonyl (C=O) groups is 2. The number of nitrogens with two attached hydrogens (primary N) is 1. The molecule has 1 unspecified atom stereocenters. The number of alkyl halides is 2. The number of aliphatic carboxylic acids is 1. The molecule has 1 atom stereocenters. The topological polar surface area (TPSA) is 80.4 Å². The van der Waals surface area contributed by atoms with Crippen LogP contribution in [0.15, 0.2) is 0 Å². The number of carbonyl (C=O) groups excluding carboxylic acids is 1. The third-order valence-electron chi connectivity index (χ3n) is 0.688. The van der Waals surface area contributed by atoms with Gasteiger partial charge in [-0.25, -0.2) is 0 Å². The molecular weight excluding hydrogens is 294 g/mol. The molecule has 4 nitrogen and oxygen atoms in total. The van der Waals surface area contributed by atoms with E-state index in [0.29, 0.717) is 10.7 Å². The molecule has 0 rings (SSSR count). The second-order valence-electron chi connectivity index (χ2n) is 1.93. The molecule has 3 N–H and O–H groups in total. The van der Waals surface area contributed by atoms with Crippen molar-refractivity contribution in [1.82, 2.24) is 0 Å². The summed E-state index contributed by atoms with van der Waals surface area (Å²) in [5, 5.41) is 8.78. The van der Waals surface area contributed by atoms with Gasteiger partial charge in [0.05, 0.1) is 10.7 Å². The molecule has 0 aromatic heterocycles. The van der Waals surface area contributed by atoms with Crippen LogP contribution in [0, 0.1) is 0 Å². The predicted octanol–water partition coefficient (Wildman–Crippen LogP) is 0.764. The van der Waals surface area contributed by atoms with Gasteiger partial charge in [-0.1, -0.05) is 31.9 Å². The molecule has 0 amide bonds. The number of hydrogen-bond donors (Lipinski definition) is 2. The summed E-state index contributed by atoms with van der Waals surface area (Å²) in [7, 11) is 0. The Morgan fingerprint density at radius 3 is 1.67 bits per heavy atom. The Hall–Kier alpha value is 0.0600. The smallest absolute Gasteiger partial charge is 0.320 e. The van der Waals surface area contributed by atoms with Crippen LogP contribution in [0.25, 0.3) is 0 Å². The minimum atomic E-state index is -0.963. The number of Topliss-reactive ketones (excluding diaryl/α,β-unsaturated/α-hetero) is 1. The van der Waals surface area contributed by atoms with Crippen LogP contribution < -0.4 is 5.73 Å². The first-order valence-corrected chi connectivity index (χ1v) is 5.32. The average molecular weight is 305 g/mol. The predicted molar refractivity (Wildman–Crippen MR) is 53.9 cm³/mol. The van der Waals surface area contributed by atoms with Gasteiger partial charge in [-0.2, -0.15) is 0 Å². The van der Waals surface area contributed by atoms with Gasteiger partial charge in [-0.05, 0) is 6.92 Å². The van der Waals surface area contributed by atoms with E-state index < -0.39 is 12.0 Å². The van der Waals surface area contributed by atoms with Crippen LogP contribution in [-0.4, -0.2) is 33.6 Å². The first-order valence-electron chi connectivity index (χ1n) is 3.07. The molecule has 0 aliphatic carbocycles. The van der Waals surface area contributed by atoms with Crippen LogP contribution in [0.5, 0.6) is 0 Å². The van der Waals surface area contributed by atoms with E-state index in [1.54, 1.807) is 0 Å². The van der Waals surface area contributed by atoms with Crippen LogP contribution in [0.2, 0.25) is 0 Å². The Kier molecular flexibility index (Phi) is 11.1. The Labute approximate surface area is 87.8 Å². The minimum absolute atomic E-state index is 0.176. The normalized spacial score (nSPS) is 11.0. The van der Waals surface area contributed by atoms with Crippen molar-refractivity contribution in [3.05, 3.63) is 0 Å². The third kappa shape index (κ3) is 12.7. The standard InChI is InChI=1S/C3H4Br2O.C3H7NO2/c4-1-3(6)2-5;1-2(4)3(5)6/h1-2H2;2H,4H2,1H3,(H,5,6). The van der Waals surface area contributed by atoms with E-state index in [9.17, 15) is 9.59 Å². The Morgan fingerprint density at radius 2 is 1.67 bits per heavy atom. The van der Waals surface area contributed by atoms with Gasteiger partial charge in [0.2, 0.25) is 0 Å². The molecule has 0 aromatic rings. The molecule has 12 heavy (non-hydrogen) atoms. The highest BCUT2D eigenvalue weighted by atomic mass is 79.9. The number of carboxylic acids is 1. The number of carboxylic acid groups (broad SMARTS) is 1. The van der Waals surface area contributed by atoms with E-state index in [-0.39, 0.29) is 5.78 Å². The zero-order chi connectivity index (χ0) is 10.1. The van der Waals surface area contributed by atoms with Gasteiger partial charge in [0.25, 0.3) is 0 Å². The van der Waals surface area contributed by atoms with Crippen molar-refractivity contribution >= 4 is 43.6 Å². The molecule has 72 valence electrons.